The number of nitrogens with zero attached hydrogens (tertiary/aromatic N) is 2. The Morgan fingerprint density at radius 2 is 1.80 bits per heavy atom. The maximum Gasteiger partial charge on any atom is 0.331 e. The van der Waals surface area contributed by atoms with Crippen LogP contribution < -0.4 is 23.7 Å². The van der Waals surface area contributed by atoms with Crippen molar-refractivity contribution in [2.24, 2.45) is 0 Å². The van der Waals surface area contributed by atoms with Crippen LogP contribution in [0, 0.1) is 0 Å². The highest BCUT2D eigenvalue weighted by Gasteiger charge is 2.22. The van der Waals surface area contributed by atoms with Gasteiger partial charge in [-0.3, -0.25) is 4.68 Å². The van der Waals surface area contributed by atoms with Crippen LogP contribution >= 0.6 is 0 Å². The molecule has 0 spiro atoms. The molecule has 228 valence electrons. The summed E-state index contributed by atoms with van der Waals surface area (Å²) >= 11 is 0. The number of fused-ring (bicyclic) bond motifs is 1. The molecule has 1 aliphatic rings. The van der Waals surface area contributed by atoms with Gasteiger partial charge in [0, 0.05) is 47.4 Å². The largest absolute Gasteiger partial charge is 0.497 e. The van der Waals surface area contributed by atoms with Gasteiger partial charge in [-0.25, -0.2) is 4.79 Å². The second kappa shape index (κ2) is 13.8. The Kier molecular flexibility index (Phi) is 9.51. The van der Waals surface area contributed by atoms with E-state index in [2.05, 4.69) is 11.7 Å². The molecule has 10 heteroatoms. The molecule has 4 aromatic rings. The van der Waals surface area contributed by atoms with Gasteiger partial charge in [0.25, 0.3) is 0 Å². The van der Waals surface area contributed by atoms with Gasteiger partial charge in [0.1, 0.15) is 23.9 Å². The molecule has 44 heavy (non-hydrogen) atoms. The van der Waals surface area contributed by atoms with Gasteiger partial charge < -0.3 is 33.9 Å². The maximum absolute atomic E-state index is 12.6. The fraction of sp³-hybridized carbons (Fsp3) is 0.235. The molecule has 0 amide bonds. The monoisotopic (exact) mass is 598 g/mol. The van der Waals surface area contributed by atoms with E-state index in [1.54, 1.807) is 43.7 Å². The van der Waals surface area contributed by atoms with Crippen molar-refractivity contribution in [1.82, 2.24) is 9.78 Å². The zero-order valence-electron chi connectivity index (χ0n) is 24.6. The van der Waals surface area contributed by atoms with E-state index in [0.29, 0.717) is 64.1 Å². The number of carbonyl (C=O) groups is 1. The Morgan fingerprint density at radius 3 is 2.50 bits per heavy atom. The number of aryl methyl sites for hydroxylation is 1. The molecular weight excluding hydrogens is 564 g/mol. The number of hydrogen-bond donors (Lipinski definition) is 2. The van der Waals surface area contributed by atoms with Crippen LogP contribution in [0.1, 0.15) is 28.7 Å². The zero-order chi connectivity index (χ0) is 31.1. The van der Waals surface area contributed by atoms with E-state index in [9.17, 15) is 15.0 Å². The van der Waals surface area contributed by atoms with Gasteiger partial charge in [0.05, 0.1) is 32.7 Å². The second-order valence-corrected chi connectivity index (χ2v) is 10.00. The average Bonchev–Trinajstić information content (AvgIpc) is 3.68. The van der Waals surface area contributed by atoms with Crippen LogP contribution in [0.15, 0.2) is 79.0 Å². The lowest BCUT2D eigenvalue weighted by Crippen LogP contribution is -2.07. The van der Waals surface area contributed by atoms with Gasteiger partial charge in [-0.1, -0.05) is 30.3 Å². The van der Waals surface area contributed by atoms with E-state index in [-0.39, 0.29) is 32.0 Å². The number of aliphatic hydroxyl groups is 1. The molecule has 5 rings (SSSR count). The normalized spacial score (nSPS) is 12.2. The average molecular weight is 599 g/mol. The summed E-state index contributed by atoms with van der Waals surface area (Å²) in [7, 11) is 3.10. The van der Waals surface area contributed by atoms with Crippen molar-refractivity contribution in [3.63, 3.8) is 0 Å². The number of rotatable bonds is 14. The topological polar surface area (TPSA) is 122 Å². The molecule has 0 atom stereocenters. The Balaban J connectivity index is 1.58. The van der Waals surface area contributed by atoms with E-state index in [0.717, 1.165) is 11.1 Å². The number of carboxylic acids is 1. The molecule has 3 aromatic carbocycles. The fourth-order valence-corrected chi connectivity index (χ4v) is 5.01. The van der Waals surface area contributed by atoms with Crippen molar-refractivity contribution < 1.29 is 38.7 Å². The summed E-state index contributed by atoms with van der Waals surface area (Å²) in [6.07, 6.45) is 5.78. The molecule has 1 aliphatic heterocycles. The van der Waals surface area contributed by atoms with Gasteiger partial charge in [0.15, 0.2) is 11.5 Å². The highest BCUT2D eigenvalue weighted by atomic mass is 16.7. The highest BCUT2D eigenvalue weighted by molar-refractivity contribution is 5.94. The molecule has 10 nitrogen and oxygen atoms in total. The first-order chi connectivity index (χ1) is 21.4. The smallest absolute Gasteiger partial charge is 0.331 e. The third kappa shape index (κ3) is 6.55. The van der Waals surface area contributed by atoms with E-state index >= 15 is 0 Å². The van der Waals surface area contributed by atoms with Crippen LogP contribution in [-0.4, -0.2) is 47.0 Å². The molecule has 0 saturated carbocycles. The number of aromatic nitrogens is 2. The number of hydrogen-bond acceptors (Lipinski definition) is 8. The first-order valence-corrected chi connectivity index (χ1v) is 14.0. The summed E-state index contributed by atoms with van der Waals surface area (Å²) in [6.45, 7) is 4.54. The summed E-state index contributed by atoms with van der Waals surface area (Å²) < 4.78 is 30.1. The van der Waals surface area contributed by atoms with E-state index in [1.165, 1.54) is 7.11 Å². The van der Waals surface area contributed by atoms with Crippen LogP contribution in [0.25, 0.3) is 17.3 Å². The van der Waals surface area contributed by atoms with Gasteiger partial charge in [0.2, 0.25) is 6.79 Å². The van der Waals surface area contributed by atoms with Crippen LogP contribution in [0.4, 0.5) is 0 Å². The minimum atomic E-state index is -1.08. The molecule has 2 heterocycles. The lowest BCUT2D eigenvalue weighted by atomic mass is 9.99. The molecule has 0 fully saturated rings. The molecular formula is C34H34N2O8. The molecule has 0 bridgehead atoms. The van der Waals surface area contributed by atoms with E-state index < -0.39 is 5.97 Å². The summed E-state index contributed by atoms with van der Waals surface area (Å²) in [6, 6.07) is 16.4. The number of aliphatic hydroxyl groups excluding tert-OH is 1. The highest BCUT2D eigenvalue weighted by Crippen LogP contribution is 2.40. The van der Waals surface area contributed by atoms with Crippen molar-refractivity contribution >= 4 is 12.0 Å². The summed E-state index contributed by atoms with van der Waals surface area (Å²) in [5.41, 5.74) is 4.34. The Bertz CT molecular complexity index is 1690. The third-order valence-corrected chi connectivity index (χ3v) is 7.29. The number of aliphatic carboxylic acids is 1. The van der Waals surface area contributed by atoms with Crippen LogP contribution in [-0.2, 0) is 31.0 Å². The molecule has 0 aliphatic carbocycles. The Labute approximate surface area is 255 Å². The van der Waals surface area contributed by atoms with Gasteiger partial charge in [-0.15, -0.1) is 6.58 Å². The molecule has 0 unspecified atom stereocenters. The van der Waals surface area contributed by atoms with Gasteiger partial charge in [-0.05, 0) is 41.8 Å². The number of allylic oxidation sites excluding steroid dienone is 1. The maximum atomic E-state index is 12.6. The SMILES string of the molecule is C=CCCn1ncc(C=C(Cc2cc3c(cc2OC)OCO3)C(=O)O)c1-c1ccc(OC)cc1OCc1ccccc1CO. The quantitative estimate of drug-likeness (QED) is 0.140. The van der Waals surface area contributed by atoms with Gasteiger partial charge in [-0.2, -0.15) is 5.10 Å². The van der Waals surface area contributed by atoms with Crippen LogP contribution in [0.3, 0.4) is 0 Å². The third-order valence-electron chi connectivity index (χ3n) is 7.29. The Hall–Kier alpha value is -5.22. The number of ether oxygens (including phenoxy) is 5. The van der Waals surface area contributed by atoms with Crippen molar-refractivity contribution in [2.45, 2.75) is 32.6 Å². The van der Waals surface area contributed by atoms with E-state index in [4.69, 9.17) is 23.7 Å². The van der Waals surface area contributed by atoms with E-state index in [1.807, 2.05) is 41.1 Å². The predicted molar refractivity (Wildman–Crippen MR) is 164 cm³/mol. The molecule has 1 aromatic heterocycles. The summed E-state index contributed by atoms with van der Waals surface area (Å²) in [5.74, 6) is 1.60. The van der Waals surface area contributed by atoms with Gasteiger partial charge >= 0.3 is 5.97 Å². The molecule has 0 radical (unpaired) electrons. The summed E-state index contributed by atoms with van der Waals surface area (Å²) in [4.78, 5) is 12.6. The fourth-order valence-electron chi connectivity index (χ4n) is 5.01. The standard InChI is InChI=1S/C34H34N2O8/c1-4-5-12-36-33(28-11-10-27(40-2)16-30(28)42-20-23-9-7-6-8-22(23)19-37)26(18-35-36)14-25(34(38)39)13-24-15-31-32(44-21-43-31)17-29(24)41-3/h4,6-11,14-18,37H,1,5,12-13,19-21H2,2-3H3,(H,38,39). The van der Waals surface area contributed by atoms with Crippen molar-refractivity contribution in [3.8, 4) is 40.0 Å². The number of benzene rings is 3. The Morgan fingerprint density at radius 1 is 1.02 bits per heavy atom. The second-order valence-electron chi connectivity index (χ2n) is 10.00. The van der Waals surface area contributed by atoms with Crippen LogP contribution in [0.5, 0.6) is 28.7 Å². The van der Waals surface area contributed by atoms with Crippen molar-refractivity contribution in [1.29, 1.82) is 0 Å². The molecule has 2 N–H and O–H groups in total. The number of carboxylic acid groups (broad SMARTS) is 1. The first-order valence-electron chi connectivity index (χ1n) is 14.0. The lowest BCUT2D eigenvalue weighted by molar-refractivity contribution is -0.132. The van der Waals surface area contributed by atoms with Crippen molar-refractivity contribution in [3.05, 3.63) is 101 Å². The van der Waals surface area contributed by atoms with Crippen molar-refractivity contribution in [2.75, 3.05) is 21.0 Å². The minimum Gasteiger partial charge on any atom is -0.497 e. The zero-order valence-corrected chi connectivity index (χ0v) is 24.6. The predicted octanol–water partition coefficient (Wildman–Crippen LogP) is 5.65. The molecule has 0 saturated heterocycles. The lowest BCUT2D eigenvalue weighted by Gasteiger charge is -2.17. The first kappa shape index (κ1) is 30.2. The minimum absolute atomic E-state index is 0.0658. The summed E-state index contributed by atoms with van der Waals surface area (Å²) in [5, 5.41) is 24.7. The van der Waals surface area contributed by atoms with Crippen LogP contribution in [0.2, 0.25) is 0 Å². The number of methoxy groups -OCH3 is 2.